The molecule has 15 nitrogen and oxygen atoms in total. The lowest BCUT2D eigenvalue weighted by Crippen LogP contribution is -2.48. The molecule has 0 aliphatic carbocycles. The topological polar surface area (TPSA) is 173 Å². The van der Waals surface area contributed by atoms with E-state index in [2.05, 4.69) is 47.8 Å². The zero-order valence-electron chi connectivity index (χ0n) is 31.8. The standard InChI is InChI=1S/C40H51N11O4/c1-26(2)32-18-33(35(53)19-34(32)52)37(54)51-24-29-4-3-28(17-30(29)25-51)23-48-11-9-47(10-12-48)22-27-5-7-49(8-6-27)39-44-36(31-20-42-38(41)43-21-31)45-40(46-39)50-13-15-55-16-14-50/h3-4,17-21,26-27,52-53H,5-16,22-25H2,1-2H3,(H2,41,42,43). The van der Waals surface area contributed by atoms with Crippen molar-refractivity contribution in [3.63, 3.8) is 0 Å². The predicted molar refractivity (Wildman–Crippen MR) is 209 cm³/mol. The lowest BCUT2D eigenvalue weighted by molar-refractivity contribution is 0.0748. The van der Waals surface area contributed by atoms with Gasteiger partial charge in [-0.15, -0.1) is 0 Å². The number of rotatable bonds is 9. The smallest absolute Gasteiger partial charge is 0.258 e. The summed E-state index contributed by atoms with van der Waals surface area (Å²) in [6.45, 7) is 15.6. The summed E-state index contributed by atoms with van der Waals surface area (Å²) in [7, 11) is 0. The highest BCUT2D eigenvalue weighted by molar-refractivity contribution is 5.97. The molecule has 1 amide bonds. The van der Waals surface area contributed by atoms with E-state index in [1.54, 1.807) is 23.4 Å². The third-order valence-corrected chi connectivity index (χ3v) is 11.4. The summed E-state index contributed by atoms with van der Waals surface area (Å²) in [6.07, 6.45) is 5.49. The molecule has 0 atom stereocenters. The Labute approximate surface area is 321 Å². The summed E-state index contributed by atoms with van der Waals surface area (Å²) in [4.78, 5) is 47.7. The maximum absolute atomic E-state index is 13.5. The van der Waals surface area contributed by atoms with Crippen molar-refractivity contribution < 1.29 is 19.7 Å². The van der Waals surface area contributed by atoms with E-state index in [9.17, 15) is 15.0 Å². The van der Waals surface area contributed by atoms with E-state index < -0.39 is 0 Å². The fourth-order valence-electron chi connectivity index (χ4n) is 8.14. The number of piperidine rings is 1. The lowest BCUT2D eigenvalue weighted by atomic mass is 9.96. The molecule has 0 bridgehead atoms. The van der Waals surface area contributed by atoms with Gasteiger partial charge < -0.3 is 40.3 Å². The van der Waals surface area contributed by atoms with Crippen molar-refractivity contribution in [2.45, 2.75) is 52.2 Å². The number of nitrogens with zero attached hydrogens (tertiary/aromatic N) is 10. The first kappa shape index (κ1) is 36.8. The Kier molecular flexibility index (Phi) is 10.7. The maximum atomic E-state index is 13.5. The normalized spacial score (nSPS) is 18.6. The number of carbonyl (C=O) groups is 1. The molecule has 55 heavy (non-hydrogen) atoms. The van der Waals surface area contributed by atoms with Crippen molar-refractivity contribution in [2.24, 2.45) is 5.92 Å². The molecule has 0 saturated carbocycles. The highest BCUT2D eigenvalue weighted by Gasteiger charge is 2.29. The summed E-state index contributed by atoms with van der Waals surface area (Å²) in [5, 5.41) is 20.7. The molecule has 290 valence electrons. The fourth-order valence-corrected chi connectivity index (χ4v) is 8.14. The predicted octanol–water partition coefficient (Wildman–Crippen LogP) is 3.47. The number of hydrogen-bond acceptors (Lipinski definition) is 14. The van der Waals surface area contributed by atoms with Crippen LogP contribution in [-0.4, -0.2) is 128 Å². The first-order valence-corrected chi connectivity index (χ1v) is 19.5. The molecule has 2 aromatic carbocycles. The van der Waals surface area contributed by atoms with Gasteiger partial charge in [-0.05, 0) is 53.0 Å². The number of phenols is 2. The molecule has 2 aromatic heterocycles. The molecule has 15 heteroatoms. The molecule has 0 radical (unpaired) electrons. The number of morpholine rings is 1. The number of aromatic nitrogens is 5. The first-order valence-electron chi connectivity index (χ1n) is 19.5. The number of hydrogen-bond donors (Lipinski definition) is 3. The number of ether oxygens (including phenoxy) is 1. The third-order valence-electron chi connectivity index (χ3n) is 11.4. The van der Waals surface area contributed by atoms with Crippen LogP contribution in [-0.2, 0) is 24.4 Å². The molecular weight excluding hydrogens is 699 g/mol. The van der Waals surface area contributed by atoms with Crippen molar-refractivity contribution >= 4 is 23.8 Å². The number of phenolic OH excluding ortho intramolecular Hbond substituents is 2. The molecule has 4 aromatic rings. The van der Waals surface area contributed by atoms with Crippen LogP contribution in [0, 0.1) is 5.92 Å². The van der Waals surface area contributed by atoms with Crippen molar-refractivity contribution in [3.8, 4) is 22.9 Å². The zero-order chi connectivity index (χ0) is 38.1. The van der Waals surface area contributed by atoms with Gasteiger partial charge in [-0.2, -0.15) is 15.0 Å². The SMILES string of the molecule is CC(C)c1cc(C(=O)N2Cc3ccc(CN4CCN(CC5CCN(c6nc(-c7cnc(N)nc7)nc(N7CCOCC7)n6)CC5)CC4)cc3C2)c(O)cc1O. The quantitative estimate of drug-likeness (QED) is 0.227. The highest BCUT2D eigenvalue weighted by Crippen LogP contribution is 2.35. The van der Waals surface area contributed by atoms with E-state index in [1.165, 1.54) is 11.6 Å². The summed E-state index contributed by atoms with van der Waals surface area (Å²) < 4.78 is 5.57. The number of aromatic hydroxyl groups is 2. The second kappa shape index (κ2) is 15.9. The summed E-state index contributed by atoms with van der Waals surface area (Å²) in [6, 6.07) is 9.48. The van der Waals surface area contributed by atoms with Crippen LogP contribution in [0.2, 0.25) is 0 Å². The van der Waals surface area contributed by atoms with Gasteiger partial charge in [0.1, 0.15) is 11.5 Å². The Morgan fingerprint density at radius 1 is 0.818 bits per heavy atom. The number of amides is 1. The molecule has 3 fully saturated rings. The van der Waals surface area contributed by atoms with Gasteiger partial charge in [0.15, 0.2) is 5.82 Å². The Morgan fingerprint density at radius 2 is 1.47 bits per heavy atom. The minimum Gasteiger partial charge on any atom is -0.508 e. The lowest BCUT2D eigenvalue weighted by Gasteiger charge is -2.39. The van der Waals surface area contributed by atoms with E-state index in [1.807, 2.05) is 13.8 Å². The highest BCUT2D eigenvalue weighted by atomic mass is 16.5. The van der Waals surface area contributed by atoms with Gasteiger partial charge in [-0.3, -0.25) is 9.69 Å². The van der Waals surface area contributed by atoms with Gasteiger partial charge in [-0.25, -0.2) is 9.97 Å². The average Bonchev–Trinajstić information content (AvgIpc) is 3.63. The molecule has 4 N–H and O–H groups in total. The number of fused-ring (bicyclic) bond motifs is 1. The summed E-state index contributed by atoms with van der Waals surface area (Å²) >= 11 is 0. The van der Waals surface area contributed by atoms with Crippen LogP contribution >= 0.6 is 0 Å². The molecule has 4 aliphatic rings. The van der Waals surface area contributed by atoms with Crippen molar-refractivity contribution in [1.29, 1.82) is 0 Å². The molecule has 0 spiro atoms. The van der Waals surface area contributed by atoms with E-state index in [-0.39, 0.29) is 34.8 Å². The summed E-state index contributed by atoms with van der Waals surface area (Å²) in [5.41, 5.74) is 10.9. The molecular formula is C40H51N11O4. The Bertz CT molecular complexity index is 1990. The average molecular weight is 750 g/mol. The molecule has 0 unspecified atom stereocenters. The molecule has 4 aliphatic heterocycles. The number of benzene rings is 2. The van der Waals surface area contributed by atoms with E-state index in [4.69, 9.17) is 25.4 Å². The fraction of sp³-hybridized carbons (Fsp3) is 0.500. The largest absolute Gasteiger partial charge is 0.508 e. The van der Waals surface area contributed by atoms with Gasteiger partial charge in [0.2, 0.25) is 17.8 Å². The Balaban J connectivity index is 0.824. The van der Waals surface area contributed by atoms with Gasteiger partial charge in [-0.1, -0.05) is 32.0 Å². The number of nitrogen functional groups attached to an aromatic ring is 1. The Morgan fingerprint density at radius 3 is 2.16 bits per heavy atom. The minimum absolute atomic E-state index is 0.0116. The van der Waals surface area contributed by atoms with Crippen LogP contribution in [0.25, 0.3) is 11.4 Å². The number of anilines is 3. The van der Waals surface area contributed by atoms with Gasteiger partial charge >= 0.3 is 0 Å². The number of carbonyl (C=O) groups excluding carboxylic acids is 1. The van der Waals surface area contributed by atoms with Crippen LogP contribution in [0.1, 0.15) is 65.2 Å². The van der Waals surface area contributed by atoms with Gasteiger partial charge in [0, 0.05) is 97.0 Å². The van der Waals surface area contributed by atoms with Gasteiger partial charge in [0.25, 0.3) is 5.91 Å². The van der Waals surface area contributed by atoms with Crippen molar-refractivity contribution in [3.05, 3.63) is 70.5 Å². The Hall–Kier alpha value is -5.12. The second-order valence-corrected chi connectivity index (χ2v) is 15.5. The number of piperazine rings is 1. The van der Waals surface area contributed by atoms with Crippen LogP contribution < -0.4 is 15.5 Å². The summed E-state index contributed by atoms with van der Waals surface area (Å²) in [5.74, 6) is 2.37. The third kappa shape index (κ3) is 8.28. The number of nitrogens with two attached hydrogens (primary N) is 1. The second-order valence-electron chi connectivity index (χ2n) is 15.5. The van der Waals surface area contributed by atoms with Crippen LogP contribution in [0.3, 0.4) is 0 Å². The van der Waals surface area contributed by atoms with Crippen LogP contribution in [0.15, 0.2) is 42.7 Å². The maximum Gasteiger partial charge on any atom is 0.258 e. The van der Waals surface area contributed by atoms with Crippen molar-refractivity contribution in [1.82, 2.24) is 39.6 Å². The van der Waals surface area contributed by atoms with Crippen LogP contribution in [0.4, 0.5) is 17.8 Å². The van der Waals surface area contributed by atoms with Crippen LogP contribution in [0.5, 0.6) is 11.5 Å². The molecule has 6 heterocycles. The van der Waals surface area contributed by atoms with E-state index in [0.29, 0.717) is 61.1 Å². The monoisotopic (exact) mass is 749 g/mol. The molecule has 8 rings (SSSR count). The minimum atomic E-state index is -0.221. The van der Waals surface area contributed by atoms with Gasteiger partial charge in [0.05, 0.1) is 24.3 Å². The first-order chi connectivity index (χ1) is 26.7. The van der Waals surface area contributed by atoms with Crippen molar-refractivity contribution in [2.75, 3.05) is 87.7 Å². The zero-order valence-corrected chi connectivity index (χ0v) is 31.8. The molecule has 3 saturated heterocycles. The van der Waals surface area contributed by atoms with E-state index in [0.717, 1.165) is 89.4 Å². The van der Waals surface area contributed by atoms with E-state index >= 15 is 0 Å².